The minimum absolute atomic E-state index is 0.666. The molecule has 0 aromatic heterocycles. The molecule has 6 aromatic rings. The number of benzene rings is 6. The van der Waals surface area contributed by atoms with Gasteiger partial charge in [0.15, 0.2) is 0 Å². The summed E-state index contributed by atoms with van der Waals surface area (Å²) in [5, 5.41) is 0. The van der Waals surface area contributed by atoms with Crippen molar-refractivity contribution in [3.63, 3.8) is 0 Å². The quantitative estimate of drug-likeness (QED) is 0.115. The Kier molecular flexibility index (Phi) is 11.0. The number of hydrogen-bond donors (Lipinski definition) is 0. The van der Waals surface area contributed by atoms with Gasteiger partial charge < -0.3 is 0 Å². The fourth-order valence-corrected chi connectivity index (χ4v) is 11.7. The predicted octanol–water partition coefficient (Wildman–Crippen LogP) is 9.20. The van der Waals surface area contributed by atoms with E-state index < -0.39 is 53.8 Å². The Hall–Kier alpha value is -5.47. The van der Waals surface area contributed by atoms with Gasteiger partial charge in [0.2, 0.25) is 0 Å². The van der Waals surface area contributed by atoms with Gasteiger partial charge in [-0.1, -0.05) is 0 Å². The van der Waals surface area contributed by atoms with E-state index >= 15 is 0 Å². The van der Waals surface area contributed by atoms with Crippen molar-refractivity contribution < 1.29 is 23.6 Å². The summed E-state index contributed by atoms with van der Waals surface area (Å²) in [6.07, 6.45) is 0. The zero-order valence-corrected chi connectivity index (χ0v) is 33.1. The van der Waals surface area contributed by atoms with Gasteiger partial charge in [-0.15, -0.1) is 0 Å². The first kappa shape index (κ1) is 37.3. The van der Waals surface area contributed by atoms with E-state index in [0.29, 0.717) is 33.4 Å². The summed E-state index contributed by atoms with van der Waals surface area (Å²) in [6.45, 7) is 5.31. The standard InChI is InChI=1S/3C15H14O2.CH3.Sn/c3*1-15(14(16)17,12-8-4-2-5-9-12)13-10-6-3-7-11-13;;/h3*2-11H,1H3,(H,16,17);1H3;/q;;;;+3/p-3. The van der Waals surface area contributed by atoms with Gasteiger partial charge in [-0.2, -0.15) is 0 Å². The number of rotatable bonds is 12. The van der Waals surface area contributed by atoms with Crippen LogP contribution in [0, 0.1) is 0 Å². The number of carbonyl (C=O) groups excluding carboxylic acids is 3. The third-order valence-corrected chi connectivity index (χ3v) is 14.9. The van der Waals surface area contributed by atoms with Crippen LogP contribution in [0.15, 0.2) is 182 Å². The average molecular weight is 810 g/mol. The topological polar surface area (TPSA) is 78.9 Å². The fourth-order valence-electron chi connectivity index (χ4n) is 6.71. The molecule has 53 heavy (non-hydrogen) atoms. The van der Waals surface area contributed by atoms with Crippen molar-refractivity contribution in [3.05, 3.63) is 215 Å². The van der Waals surface area contributed by atoms with Crippen LogP contribution in [0.25, 0.3) is 0 Å². The second-order valence-corrected chi connectivity index (χ2v) is 20.3. The SMILES string of the molecule is CC(C(=O)[O][Sn]([CH3])([O]C(=O)C(C)(c1ccccc1)c1ccccc1)[O]C(=O)C(C)(c1ccccc1)c1ccccc1)(c1ccccc1)c1ccccc1. The van der Waals surface area contributed by atoms with E-state index in [1.807, 2.05) is 182 Å². The molecule has 0 N–H and O–H groups in total. The van der Waals surface area contributed by atoms with E-state index in [2.05, 4.69) is 0 Å². The third-order valence-electron chi connectivity index (χ3n) is 10.2. The minimum atomic E-state index is -5.68. The average Bonchev–Trinajstić information content (AvgIpc) is 3.21. The summed E-state index contributed by atoms with van der Waals surface area (Å²) >= 11 is -5.68. The van der Waals surface area contributed by atoms with E-state index in [1.54, 1.807) is 20.8 Å². The number of carbonyl (C=O) groups is 3. The van der Waals surface area contributed by atoms with Crippen molar-refractivity contribution in [1.82, 2.24) is 0 Å². The molecule has 0 fully saturated rings. The van der Waals surface area contributed by atoms with Gasteiger partial charge in [0.1, 0.15) is 0 Å². The van der Waals surface area contributed by atoms with E-state index in [9.17, 15) is 14.4 Å². The molecule has 6 aromatic carbocycles. The molecule has 0 saturated carbocycles. The van der Waals surface area contributed by atoms with E-state index in [0.717, 1.165) is 0 Å². The van der Waals surface area contributed by atoms with Crippen LogP contribution in [0.1, 0.15) is 54.2 Å². The van der Waals surface area contributed by atoms with Crippen LogP contribution in [0.3, 0.4) is 0 Å². The van der Waals surface area contributed by atoms with Crippen LogP contribution in [0.5, 0.6) is 0 Å². The van der Waals surface area contributed by atoms with Crippen molar-refractivity contribution in [3.8, 4) is 0 Å². The molecule has 7 heteroatoms. The molecule has 0 atom stereocenters. The summed E-state index contributed by atoms with van der Waals surface area (Å²) in [4.78, 5) is 46.1. The van der Waals surface area contributed by atoms with E-state index in [1.165, 1.54) is 4.94 Å². The summed E-state index contributed by atoms with van der Waals surface area (Å²) in [7, 11) is 0. The van der Waals surface area contributed by atoms with Crippen LogP contribution < -0.4 is 0 Å². The second-order valence-electron chi connectivity index (χ2n) is 13.6. The Morgan fingerprint density at radius 3 is 0.642 bits per heavy atom. The molecule has 0 saturated heterocycles. The van der Waals surface area contributed by atoms with Gasteiger partial charge in [0, 0.05) is 0 Å². The molecule has 0 aliphatic heterocycles. The van der Waals surface area contributed by atoms with E-state index in [4.69, 9.17) is 9.22 Å². The van der Waals surface area contributed by atoms with Crippen molar-refractivity contribution in [2.75, 3.05) is 0 Å². The van der Waals surface area contributed by atoms with Crippen LogP contribution in [-0.4, -0.2) is 37.5 Å². The summed E-state index contributed by atoms with van der Waals surface area (Å²) in [5.41, 5.74) is -0.0341. The normalized spacial score (nSPS) is 12.0. The van der Waals surface area contributed by atoms with Gasteiger partial charge in [0.05, 0.1) is 0 Å². The first-order chi connectivity index (χ1) is 25.5. The zero-order valence-electron chi connectivity index (χ0n) is 30.3. The van der Waals surface area contributed by atoms with Crippen molar-refractivity contribution in [2.24, 2.45) is 0 Å². The third kappa shape index (κ3) is 7.42. The summed E-state index contributed by atoms with van der Waals surface area (Å²) < 4.78 is 19.4. The van der Waals surface area contributed by atoms with Crippen LogP contribution in [0.4, 0.5) is 0 Å². The van der Waals surface area contributed by atoms with Crippen molar-refractivity contribution in [2.45, 2.75) is 42.0 Å². The Bertz CT molecular complexity index is 1780. The van der Waals surface area contributed by atoms with Gasteiger partial charge in [-0.25, -0.2) is 0 Å². The monoisotopic (exact) mass is 810 g/mol. The van der Waals surface area contributed by atoms with Crippen LogP contribution in [-0.2, 0) is 39.9 Å². The zero-order chi connectivity index (χ0) is 37.5. The Labute approximate surface area is 316 Å². The molecule has 6 rings (SSSR count). The molecular formula is C46H42O6Sn. The molecule has 0 aliphatic carbocycles. The van der Waals surface area contributed by atoms with Gasteiger partial charge in [-0.3, -0.25) is 0 Å². The first-order valence-corrected chi connectivity index (χ1v) is 23.9. The summed E-state index contributed by atoms with van der Waals surface area (Å²) in [6, 6.07) is 55.6. The Morgan fingerprint density at radius 2 is 0.491 bits per heavy atom. The molecule has 0 amide bonds. The molecule has 0 spiro atoms. The van der Waals surface area contributed by atoms with Gasteiger partial charge in [-0.05, 0) is 0 Å². The molecular weight excluding hydrogens is 767 g/mol. The molecule has 266 valence electrons. The van der Waals surface area contributed by atoms with Crippen molar-refractivity contribution >= 4 is 37.5 Å². The summed E-state index contributed by atoms with van der Waals surface area (Å²) in [5.74, 6) is -2.09. The van der Waals surface area contributed by atoms with Gasteiger partial charge in [0.25, 0.3) is 0 Å². The molecule has 0 heterocycles. The Balaban J connectivity index is 1.48. The Morgan fingerprint density at radius 1 is 0.340 bits per heavy atom. The predicted molar refractivity (Wildman–Crippen MR) is 208 cm³/mol. The van der Waals surface area contributed by atoms with Crippen molar-refractivity contribution in [1.29, 1.82) is 0 Å². The molecule has 6 nitrogen and oxygen atoms in total. The first-order valence-electron chi connectivity index (χ1n) is 17.6. The number of hydrogen-bond acceptors (Lipinski definition) is 6. The molecule has 0 unspecified atom stereocenters. The van der Waals surface area contributed by atoms with E-state index in [-0.39, 0.29) is 0 Å². The van der Waals surface area contributed by atoms with Gasteiger partial charge >= 0.3 is 318 Å². The molecule has 0 aliphatic rings. The maximum absolute atomic E-state index is 14.9. The molecule has 0 bridgehead atoms. The van der Waals surface area contributed by atoms with Crippen LogP contribution >= 0.6 is 0 Å². The molecule has 0 radical (unpaired) electrons. The fraction of sp³-hybridized carbons (Fsp3) is 0.152. The van der Waals surface area contributed by atoms with Crippen LogP contribution in [0.2, 0.25) is 4.94 Å². The second kappa shape index (κ2) is 15.6. The maximum atomic E-state index is 14.9.